The van der Waals surface area contributed by atoms with Crippen molar-refractivity contribution in [3.05, 3.63) is 111 Å². The number of nitrogens with zero attached hydrogens (tertiary/aromatic N) is 3. The summed E-state index contributed by atoms with van der Waals surface area (Å²) in [6.07, 6.45) is 1.75. The Morgan fingerprint density at radius 3 is 2.63 bits per heavy atom. The Morgan fingerprint density at radius 2 is 1.88 bits per heavy atom. The second kappa shape index (κ2) is 13.3. The van der Waals surface area contributed by atoms with Crippen LogP contribution in [0.25, 0.3) is 0 Å². The zero-order chi connectivity index (χ0) is 28.8. The number of aromatic nitrogens is 3. The van der Waals surface area contributed by atoms with Crippen LogP contribution in [0.1, 0.15) is 55.0 Å². The molecule has 1 aliphatic heterocycles. The Hall–Kier alpha value is -3.75. The molecule has 3 aromatic carbocycles. The molecule has 1 aromatic heterocycles. The Labute approximate surface area is 249 Å². The lowest BCUT2D eigenvalue weighted by Gasteiger charge is -2.28. The van der Waals surface area contributed by atoms with Crippen LogP contribution in [0.2, 0.25) is 5.02 Å². The first-order valence-electron chi connectivity index (χ1n) is 13.7. The molecule has 0 spiro atoms. The van der Waals surface area contributed by atoms with Gasteiger partial charge < -0.3 is 14.8 Å². The zero-order valence-electron chi connectivity index (χ0n) is 23.4. The van der Waals surface area contributed by atoms with Crippen molar-refractivity contribution < 1.29 is 14.3 Å². The minimum absolute atomic E-state index is 0.361. The van der Waals surface area contributed by atoms with Crippen molar-refractivity contribution >= 4 is 35.3 Å². The first-order valence-corrected chi connectivity index (χ1v) is 15.0. The molecule has 5 rings (SSSR count). The molecule has 9 heteroatoms. The second-order valence-corrected chi connectivity index (χ2v) is 11.3. The van der Waals surface area contributed by atoms with Crippen molar-refractivity contribution in [1.82, 2.24) is 14.8 Å². The van der Waals surface area contributed by atoms with Gasteiger partial charge in [0.2, 0.25) is 11.1 Å². The summed E-state index contributed by atoms with van der Waals surface area (Å²) in [5.74, 6) is 1.57. The maximum absolute atomic E-state index is 13.4. The highest BCUT2D eigenvalue weighted by Gasteiger charge is 2.35. The number of esters is 1. The van der Waals surface area contributed by atoms with E-state index in [0.717, 1.165) is 35.3 Å². The number of thioether (sulfide) groups is 1. The average molecular weight is 589 g/mol. The minimum Gasteiger partial charge on any atom is -0.489 e. The molecule has 0 radical (unpaired) electrons. The summed E-state index contributed by atoms with van der Waals surface area (Å²) in [7, 11) is 0. The lowest BCUT2D eigenvalue weighted by molar-refractivity contribution is -0.139. The normalized spacial score (nSPS) is 14.4. The quantitative estimate of drug-likeness (QED) is 0.109. The lowest BCUT2D eigenvalue weighted by atomic mass is 9.96. The summed E-state index contributed by atoms with van der Waals surface area (Å²) in [5.41, 5.74) is 5.39. The molecule has 2 heterocycles. The Morgan fingerprint density at radius 1 is 1.07 bits per heavy atom. The minimum atomic E-state index is -0.506. The molecule has 1 N–H and O–H groups in total. The number of nitrogens with one attached hydrogen (secondary N) is 1. The number of benzene rings is 3. The Kier molecular flexibility index (Phi) is 9.31. The molecule has 1 aliphatic rings. The molecule has 0 amide bonds. The average Bonchev–Trinajstić information content (AvgIpc) is 3.37. The van der Waals surface area contributed by atoms with E-state index in [4.69, 9.17) is 31.2 Å². The van der Waals surface area contributed by atoms with E-state index in [1.807, 2.05) is 67.6 Å². The van der Waals surface area contributed by atoms with Crippen molar-refractivity contribution in [1.29, 1.82) is 0 Å². The number of halogens is 1. The highest BCUT2D eigenvalue weighted by Crippen LogP contribution is 2.38. The van der Waals surface area contributed by atoms with Gasteiger partial charge in [-0.05, 0) is 55.2 Å². The van der Waals surface area contributed by atoms with E-state index in [1.165, 1.54) is 17.3 Å². The molecule has 0 saturated carbocycles. The zero-order valence-corrected chi connectivity index (χ0v) is 25.0. The third-order valence-electron chi connectivity index (χ3n) is 6.78. The van der Waals surface area contributed by atoms with Crippen LogP contribution in [-0.4, -0.2) is 27.3 Å². The molecule has 7 nitrogen and oxygen atoms in total. The molecule has 4 aromatic rings. The first-order chi connectivity index (χ1) is 19.9. The number of fused-ring (bicyclic) bond motifs is 1. The summed E-state index contributed by atoms with van der Waals surface area (Å²) in [5, 5.41) is 9.38. The number of hydrogen-bond donors (Lipinski definition) is 1. The molecule has 0 bridgehead atoms. The molecule has 41 heavy (non-hydrogen) atoms. The van der Waals surface area contributed by atoms with Crippen LogP contribution >= 0.6 is 23.4 Å². The molecule has 0 aliphatic carbocycles. The lowest BCUT2D eigenvalue weighted by Crippen LogP contribution is -2.29. The van der Waals surface area contributed by atoms with E-state index in [-0.39, 0.29) is 5.97 Å². The number of anilines is 1. The first kappa shape index (κ1) is 28.8. The van der Waals surface area contributed by atoms with Crippen LogP contribution in [-0.2, 0) is 21.9 Å². The number of unbranched alkanes of at least 4 members (excludes halogenated alkanes) is 1. The highest BCUT2D eigenvalue weighted by atomic mass is 35.5. The van der Waals surface area contributed by atoms with E-state index in [1.54, 1.807) is 4.68 Å². The number of hydrogen-bond acceptors (Lipinski definition) is 7. The monoisotopic (exact) mass is 588 g/mol. The SMILES string of the molecule is CCCCOC(=O)C1=C(C)Nc2nc(SCc3ccccc3Cl)nn2C1c1ccc(OCc2cccc(C)c2)cc1. The van der Waals surface area contributed by atoms with Crippen molar-refractivity contribution in [3.8, 4) is 5.75 Å². The summed E-state index contributed by atoms with van der Waals surface area (Å²) in [6.45, 7) is 6.85. The molecular weight excluding hydrogens is 556 g/mol. The molecule has 212 valence electrons. The number of aryl methyl sites for hydroxylation is 1. The van der Waals surface area contributed by atoms with E-state index >= 15 is 0 Å². The van der Waals surface area contributed by atoms with Crippen molar-refractivity contribution in [2.45, 2.75) is 57.2 Å². The van der Waals surface area contributed by atoms with Crippen LogP contribution in [0, 0.1) is 6.92 Å². The van der Waals surface area contributed by atoms with Gasteiger partial charge in [-0.15, -0.1) is 5.10 Å². The van der Waals surface area contributed by atoms with Gasteiger partial charge in [0, 0.05) is 16.5 Å². The Bertz CT molecular complexity index is 1550. The number of carbonyl (C=O) groups excluding carboxylic acids is 1. The van der Waals surface area contributed by atoms with E-state index in [9.17, 15) is 4.79 Å². The van der Waals surface area contributed by atoms with Gasteiger partial charge in [-0.3, -0.25) is 0 Å². The number of carbonyl (C=O) groups is 1. The number of rotatable bonds is 11. The van der Waals surface area contributed by atoms with Gasteiger partial charge in [0.15, 0.2) is 0 Å². The molecule has 0 saturated heterocycles. The van der Waals surface area contributed by atoms with Crippen molar-refractivity contribution in [2.75, 3.05) is 11.9 Å². The summed E-state index contributed by atoms with van der Waals surface area (Å²) >= 11 is 7.85. The Balaban J connectivity index is 1.41. The van der Waals surface area contributed by atoms with Gasteiger partial charge in [0.05, 0.1) is 12.2 Å². The van der Waals surface area contributed by atoms with Crippen LogP contribution < -0.4 is 10.1 Å². The fourth-order valence-electron chi connectivity index (χ4n) is 4.62. The van der Waals surface area contributed by atoms with Crippen molar-refractivity contribution in [3.63, 3.8) is 0 Å². The summed E-state index contributed by atoms with van der Waals surface area (Å²) in [6, 6.07) is 23.3. The van der Waals surface area contributed by atoms with Gasteiger partial charge in [0.1, 0.15) is 18.4 Å². The molecule has 1 atom stereocenters. The van der Waals surface area contributed by atoms with Crippen LogP contribution in [0.3, 0.4) is 0 Å². The topological polar surface area (TPSA) is 78.3 Å². The van der Waals surface area contributed by atoms with Gasteiger partial charge in [-0.1, -0.05) is 96.9 Å². The van der Waals surface area contributed by atoms with Crippen LogP contribution in [0.15, 0.2) is 89.2 Å². The van der Waals surface area contributed by atoms with E-state index < -0.39 is 6.04 Å². The second-order valence-electron chi connectivity index (χ2n) is 9.95. The third kappa shape index (κ3) is 6.94. The maximum Gasteiger partial charge on any atom is 0.338 e. The summed E-state index contributed by atoms with van der Waals surface area (Å²) < 4.78 is 13.5. The highest BCUT2D eigenvalue weighted by molar-refractivity contribution is 7.98. The predicted molar refractivity (Wildman–Crippen MR) is 163 cm³/mol. The maximum atomic E-state index is 13.4. The largest absolute Gasteiger partial charge is 0.489 e. The fourth-order valence-corrected chi connectivity index (χ4v) is 5.74. The van der Waals surface area contributed by atoms with Gasteiger partial charge >= 0.3 is 5.97 Å². The number of ether oxygens (including phenoxy) is 2. The standard InChI is InChI=1S/C32H33ClN4O3S/c1-4-5-17-39-30(38)28-22(3)34-31-35-32(41-20-25-11-6-7-12-27(25)33)36-37(31)29(28)24-13-15-26(16-14-24)40-19-23-10-8-9-21(2)18-23/h6-16,18,29H,4-5,17,19-20H2,1-3H3,(H,34,35,36). The van der Waals surface area contributed by atoms with Crippen LogP contribution in [0.4, 0.5) is 5.95 Å². The van der Waals surface area contributed by atoms with Crippen molar-refractivity contribution in [2.24, 2.45) is 0 Å². The summed E-state index contributed by atoms with van der Waals surface area (Å²) in [4.78, 5) is 18.1. The molecule has 1 unspecified atom stereocenters. The fraction of sp³-hybridized carbons (Fsp3) is 0.281. The van der Waals surface area contributed by atoms with Gasteiger partial charge in [-0.2, -0.15) is 4.98 Å². The van der Waals surface area contributed by atoms with E-state index in [0.29, 0.717) is 46.4 Å². The van der Waals surface area contributed by atoms with E-state index in [2.05, 4.69) is 31.3 Å². The smallest absolute Gasteiger partial charge is 0.338 e. The molecule has 0 fully saturated rings. The van der Waals surface area contributed by atoms with Crippen LogP contribution in [0.5, 0.6) is 5.75 Å². The predicted octanol–water partition coefficient (Wildman–Crippen LogP) is 7.74. The third-order valence-corrected chi connectivity index (χ3v) is 8.04. The molecular formula is C32H33ClN4O3S. The number of allylic oxidation sites excluding steroid dienone is 1. The van der Waals surface area contributed by atoms with Gasteiger partial charge in [-0.25, -0.2) is 9.48 Å². The van der Waals surface area contributed by atoms with Gasteiger partial charge in [0.25, 0.3) is 0 Å².